The van der Waals surface area contributed by atoms with E-state index >= 15 is 0 Å². The molecule has 0 aliphatic carbocycles. The Kier molecular flexibility index (Phi) is 5.82. The minimum Gasteiger partial charge on any atom is -0.384 e. The number of nitrogens with one attached hydrogen (secondary N) is 1. The minimum absolute atomic E-state index is 0.0255. The van der Waals surface area contributed by atoms with Gasteiger partial charge in [-0.05, 0) is 25.0 Å². The molecule has 1 amide bonds. The second-order valence-corrected chi connectivity index (χ2v) is 5.66. The number of nitrogens with zero attached hydrogens (tertiary/aromatic N) is 1. The Balaban J connectivity index is 2.47. The number of rotatable bonds is 6. The van der Waals surface area contributed by atoms with Gasteiger partial charge in [0, 0.05) is 11.1 Å². The molecule has 1 heterocycles. The van der Waals surface area contributed by atoms with Gasteiger partial charge >= 0.3 is 0 Å². The summed E-state index contributed by atoms with van der Waals surface area (Å²) in [5.41, 5.74) is 5.48. The molecule has 1 atom stereocenters. The molecule has 104 valence electrons. The van der Waals surface area contributed by atoms with Gasteiger partial charge in [-0.2, -0.15) is 0 Å². The van der Waals surface area contributed by atoms with Gasteiger partial charge in [0.05, 0.1) is 11.8 Å². The van der Waals surface area contributed by atoms with Crippen LogP contribution in [0.25, 0.3) is 0 Å². The maximum absolute atomic E-state index is 11.8. The highest BCUT2D eigenvalue weighted by Crippen LogP contribution is 2.17. The molecule has 3 N–H and O–H groups in total. The molecule has 5 nitrogen and oxygen atoms in total. The maximum atomic E-state index is 11.8. The number of thioether (sulfide) groups is 1. The van der Waals surface area contributed by atoms with Gasteiger partial charge in [0.25, 0.3) is 0 Å². The summed E-state index contributed by atoms with van der Waals surface area (Å²) in [6, 6.07) is 3.08. The van der Waals surface area contributed by atoms with Crippen molar-refractivity contribution >= 4 is 29.3 Å². The molecule has 1 rings (SSSR count). The number of carbonyl (C=O) groups excluding carboxylic acids is 2. The molecule has 19 heavy (non-hydrogen) atoms. The number of Topliss-reactive ketones (excluding diaryl/α,β-unsaturated/α-hetero) is 1. The van der Waals surface area contributed by atoms with Crippen LogP contribution < -0.4 is 11.1 Å². The number of ketones is 1. The number of hydrogen-bond acceptors (Lipinski definition) is 5. The first-order valence-electron chi connectivity index (χ1n) is 6.04. The first kappa shape index (κ1) is 15.5. The van der Waals surface area contributed by atoms with Crippen LogP contribution in [0.4, 0.5) is 5.82 Å². The lowest BCUT2D eigenvalue weighted by atomic mass is 10.0. The third kappa shape index (κ3) is 5.30. The minimum atomic E-state index is -0.419. The molecule has 0 bridgehead atoms. The van der Waals surface area contributed by atoms with E-state index in [2.05, 4.69) is 10.3 Å². The highest BCUT2D eigenvalue weighted by molar-refractivity contribution is 8.00. The Labute approximate surface area is 117 Å². The molecule has 1 unspecified atom stereocenters. The van der Waals surface area contributed by atoms with Gasteiger partial charge in [-0.1, -0.05) is 13.8 Å². The monoisotopic (exact) mass is 281 g/mol. The average molecular weight is 281 g/mol. The van der Waals surface area contributed by atoms with E-state index in [1.54, 1.807) is 12.3 Å². The van der Waals surface area contributed by atoms with Crippen LogP contribution in [0.5, 0.6) is 0 Å². The number of nitrogen functional groups attached to an aromatic ring is 1. The first-order valence-corrected chi connectivity index (χ1v) is 7.03. The van der Waals surface area contributed by atoms with Crippen molar-refractivity contribution < 1.29 is 9.59 Å². The molecule has 0 radical (unpaired) electrons. The molecule has 6 heteroatoms. The Hall–Kier alpha value is -1.56. The number of amides is 1. The van der Waals surface area contributed by atoms with Crippen LogP contribution in [-0.2, 0) is 9.59 Å². The topological polar surface area (TPSA) is 85.1 Å². The fourth-order valence-electron chi connectivity index (χ4n) is 1.58. The molecule has 0 aliphatic rings. The Morgan fingerprint density at radius 3 is 2.58 bits per heavy atom. The van der Waals surface area contributed by atoms with Gasteiger partial charge in [0.2, 0.25) is 5.91 Å². The molecule has 0 saturated heterocycles. The molecule has 0 fully saturated rings. The van der Waals surface area contributed by atoms with Gasteiger partial charge in [0.15, 0.2) is 5.78 Å². The van der Waals surface area contributed by atoms with Crippen LogP contribution in [-0.4, -0.2) is 28.5 Å². The van der Waals surface area contributed by atoms with E-state index in [0.29, 0.717) is 5.82 Å². The summed E-state index contributed by atoms with van der Waals surface area (Å²) < 4.78 is 0. The number of anilines is 1. The predicted octanol–water partition coefficient (Wildman–Crippen LogP) is 1.49. The van der Waals surface area contributed by atoms with Crippen molar-refractivity contribution in [2.45, 2.75) is 31.7 Å². The van der Waals surface area contributed by atoms with Gasteiger partial charge in [0.1, 0.15) is 5.82 Å². The molecule has 1 aromatic rings. The number of hydrogen-bond donors (Lipinski definition) is 2. The number of carbonyl (C=O) groups is 2. The van der Waals surface area contributed by atoms with E-state index in [1.807, 2.05) is 19.9 Å². The standard InChI is InChI=1S/C13H19N3O2S/c1-8(2)13(9(3)17)16-12(18)7-19-10-4-5-11(14)15-6-10/h4-6,8,13H,7H2,1-3H3,(H2,14,15)(H,16,18). The number of aromatic nitrogens is 1. The lowest BCUT2D eigenvalue weighted by Crippen LogP contribution is -2.44. The molecule has 0 aliphatic heterocycles. The van der Waals surface area contributed by atoms with E-state index in [0.717, 1.165) is 4.90 Å². The van der Waals surface area contributed by atoms with E-state index < -0.39 is 6.04 Å². The van der Waals surface area contributed by atoms with Gasteiger partial charge in [-0.25, -0.2) is 4.98 Å². The zero-order chi connectivity index (χ0) is 14.4. The largest absolute Gasteiger partial charge is 0.384 e. The second-order valence-electron chi connectivity index (χ2n) is 4.61. The van der Waals surface area contributed by atoms with E-state index in [4.69, 9.17) is 5.73 Å². The number of pyridine rings is 1. The molecular weight excluding hydrogens is 262 g/mol. The van der Waals surface area contributed by atoms with Crippen molar-refractivity contribution in [3.63, 3.8) is 0 Å². The summed E-state index contributed by atoms with van der Waals surface area (Å²) >= 11 is 1.36. The van der Waals surface area contributed by atoms with Crippen LogP contribution >= 0.6 is 11.8 Å². The highest BCUT2D eigenvalue weighted by Gasteiger charge is 2.20. The Bertz CT molecular complexity index is 446. The lowest BCUT2D eigenvalue weighted by Gasteiger charge is -2.19. The third-order valence-corrected chi connectivity index (χ3v) is 3.53. The Morgan fingerprint density at radius 1 is 1.42 bits per heavy atom. The molecule has 1 aromatic heterocycles. The fraction of sp³-hybridized carbons (Fsp3) is 0.462. The van der Waals surface area contributed by atoms with E-state index in [9.17, 15) is 9.59 Å². The normalized spacial score (nSPS) is 12.2. The second kappa shape index (κ2) is 7.13. The number of nitrogens with two attached hydrogens (primary N) is 1. The van der Waals surface area contributed by atoms with Crippen LogP contribution in [0.3, 0.4) is 0 Å². The van der Waals surface area contributed by atoms with Gasteiger partial charge < -0.3 is 11.1 Å². The van der Waals surface area contributed by atoms with Crippen LogP contribution in [0, 0.1) is 5.92 Å². The molecule has 0 saturated carbocycles. The summed E-state index contributed by atoms with van der Waals surface area (Å²) in [6.07, 6.45) is 1.62. The van der Waals surface area contributed by atoms with Crippen LogP contribution in [0.1, 0.15) is 20.8 Å². The van der Waals surface area contributed by atoms with Crippen molar-refractivity contribution in [2.75, 3.05) is 11.5 Å². The van der Waals surface area contributed by atoms with Gasteiger partial charge in [-0.15, -0.1) is 11.8 Å². The third-order valence-electron chi connectivity index (χ3n) is 2.55. The first-order chi connectivity index (χ1) is 8.90. The summed E-state index contributed by atoms with van der Waals surface area (Å²) in [6.45, 7) is 5.30. The Morgan fingerprint density at radius 2 is 2.11 bits per heavy atom. The zero-order valence-corrected chi connectivity index (χ0v) is 12.2. The van der Waals surface area contributed by atoms with Gasteiger partial charge in [-0.3, -0.25) is 9.59 Å². The molecular formula is C13H19N3O2S. The van der Waals surface area contributed by atoms with E-state index in [-0.39, 0.29) is 23.4 Å². The summed E-state index contributed by atoms with van der Waals surface area (Å²) in [5, 5.41) is 2.74. The van der Waals surface area contributed by atoms with Crippen molar-refractivity contribution in [3.05, 3.63) is 18.3 Å². The zero-order valence-electron chi connectivity index (χ0n) is 11.3. The smallest absolute Gasteiger partial charge is 0.230 e. The average Bonchev–Trinajstić information content (AvgIpc) is 2.34. The molecule has 0 aromatic carbocycles. The van der Waals surface area contributed by atoms with Crippen LogP contribution in [0.2, 0.25) is 0 Å². The quantitative estimate of drug-likeness (QED) is 0.772. The van der Waals surface area contributed by atoms with E-state index in [1.165, 1.54) is 18.7 Å². The van der Waals surface area contributed by atoms with Crippen molar-refractivity contribution in [1.29, 1.82) is 0 Å². The lowest BCUT2D eigenvalue weighted by molar-refractivity contribution is -0.126. The summed E-state index contributed by atoms with van der Waals surface area (Å²) in [4.78, 5) is 28.0. The van der Waals surface area contributed by atoms with Crippen LogP contribution in [0.15, 0.2) is 23.2 Å². The van der Waals surface area contributed by atoms with Crippen molar-refractivity contribution in [1.82, 2.24) is 10.3 Å². The fourth-order valence-corrected chi connectivity index (χ4v) is 2.25. The predicted molar refractivity (Wildman–Crippen MR) is 76.8 cm³/mol. The summed E-state index contributed by atoms with van der Waals surface area (Å²) in [5.74, 6) is 0.607. The molecule has 0 spiro atoms. The maximum Gasteiger partial charge on any atom is 0.230 e. The highest BCUT2D eigenvalue weighted by atomic mass is 32.2. The van der Waals surface area contributed by atoms with Crippen molar-refractivity contribution in [2.24, 2.45) is 5.92 Å². The van der Waals surface area contributed by atoms with Crippen molar-refractivity contribution in [3.8, 4) is 0 Å². The summed E-state index contributed by atoms with van der Waals surface area (Å²) in [7, 11) is 0. The SMILES string of the molecule is CC(=O)C(NC(=O)CSc1ccc(N)nc1)C(C)C.